The van der Waals surface area contributed by atoms with Crippen molar-refractivity contribution in [1.82, 2.24) is 0 Å². The summed E-state index contributed by atoms with van der Waals surface area (Å²) in [5.74, 6) is 0.426. The third-order valence-corrected chi connectivity index (χ3v) is 2.48. The molecule has 0 saturated carbocycles. The Morgan fingerprint density at radius 1 is 1.29 bits per heavy atom. The topological polar surface area (TPSA) is 35.2 Å². The molecule has 5 heteroatoms. The number of alkyl halides is 3. The molecule has 0 fully saturated rings. The Labute approximate surface area is 98.6 Å². The minimum Gasteiger partial charge on any atom is -0.494 e. The van der Waals surface area contributed by atoms with E-state index in [0.717, 1.165) is 12.1 Å². The number of ether oxygens (including phenoxy) is 1. The largest absolute Gasteiger partial charge is 0.494 e. The zero-order valence-corrected chi connectivity index (χ0v) is 9.84. The number of benzene rings is 1. The van der Waals surface area contributed by atoms with Crippen molar-refractivity contribution in [3.63, 3.8) is 0 Å². The predicted molar refractivity (Wildman–Crippen MR) is 59.8 cm³/mol. The molecular formula is C12H16F3NO. The molecule has 0 aliphatic carbocycles. The number of rotatable bonds is 4. The van der Waals surface area contributed by atoms with Gasteiger partial charge >= 0.3 is 6.18 Å². The van der Waals surface area contributed by atoms with Gasteiger partial charge in [-0.15, -0.1) is 0 Å². The summed E-state index contributed by atoms with van der Waals surface area (Å²) in [7, 11) is 0. The fourth-order valence-electron chi connectivity index (χ4n) is 1.52. The van der Waals surface area contributed by atoms with E-state index < -0.39 is 17.8 Å². The maximum Gasteiger partial charge on any atom is 0.416 e. The minimum atomic E-state index is -4.35. The summed E-state index contributed by atoms with van der Waals surface area (Å²) < 4.78 is 43.0. The highest BCUT2D eigenvalue weighted by molar-refractivity contribution is 5.40. The summed E-state index contributed by atoms with van der Waals surface area (Å²) in [6.07, 6.45) is -3.80. The van der Waals surface area contributed by atoms with Gasteiger partial charge in [0.15, 0.2) is 0 Å². The first-order valence-electron chi connectivity index (χ1n) is 5.49. The van der Waals surface area contributed by atoms with Crippen LogP contribution in [-0.4, -0.2) is 6.61 Å². The van der Waals surface area contributed by atoms with Gasteiger partial charge in [-0.3, -0.25) is 0 Å². The number of nitrogens with two attached hydrogens (primary N) is 1. The van der Waals surface area contributed by atoms with Gasteiger partial charge in [-0.1, -0.05) is 6.92 Å². The summed E-state index contributed by atoms with van der Waals surface area (Å²) >= 11 is 0. The highest BCUT2D eigenvalue weighted by atomic mass is 19.4. The molecule has 96 valence electrons. The first-order chi connectivity index (χ1) is 7.90. The van der Waals surface area contributed by atoms with Crippen molar-refractivity contribution in [2.45, 2.75) is 32.5 Å². The van der Waals surface area contributed by atoms with E-state index in [-0.39, 0.29) is 0 Å². The molecule has 0 heterocycles. The summed E-state index contributed by atoms with van der Waals surface area (Å²) in [5.41, 5.74) is 5.50. The van der Waals surface area contributed by atoms with Crippen molar-refractivity contribution in [3.05, 3.63) is 29.3 Å². The molecule has 0 aliphatic rings. The molecule has 1 rings (SSSR count). The Kier molecular flexibility index (Phi) is 4.40. The third kappa shape index (κ3) is 3.36. The van der Waals surface area contributed by atoms with E-state index in [0.29, 0.717) is 24.3 Å². The lowest BCUT2D eigenvalue weighted by Gasteiger charge is -2.17. The molecule has 0 aliphatic heterocycles. The molecule has 0 radical (unpaired) electrons. The fraction of sp³-hybridized carbons (Fsp3) is 0.500. The lowest BCUT2D eigenvalue weighted by atomic mass is 10.0. The fourth-order valence-corrected chi connectivity index (χ4v) is 1.52. The molecule has 0 bridgehead atoms. The standard InChI is InChI=1S/C12H16F3NO/c1-3-10(16)9-7-8(12(13,14)15)5-6-11(9)17-4-2/h5-7,10H,3-4,16H2,1-2H3. The highest BCUT2D eigenvalue weighted by Gasteiger charge is 2.31. The molecule has 0 spiro atoms. The first kappa shape index (κ1) is 13.8. The molecule has 1 atom stereocenters. The van der Waals surface area contributed by atoms with Crippen molar-refractivity contribution in [3.8, 4) is 5.75 Å². The SMILES string of the molecule is CCOc1ccc(C(F)(F)F)cc1C(N)CC. The van der Waals surface area contributed by atoms with Crippen LogP contribution in [0.5, 0.6) is 5.75 Å². The van der Waals surface area contributed by atoms with Crippen molar-refractivity contribution in [1.29, 1.82) is 0 Å². The average Bonchev–Trinajstić information content (AvgIpc) is 2.27. The van der Waals surface area contributed by atoms with E-state index in [1.54, 1.807) is 6.92 Å². The minimum absolute atomic E-state index is 0.398. The van der Waals surface area contributed by atoms with E-state index in [1.807, 2.05) is 6.92 Å². The van der Waals surface area contributed by atoms with Gasteiger partial charge in [0.25, 0.3) is 0 Å². The summed E-state index contributed by atoms with van der Waals surface area (Å²) in [6.45, 7) is 3.99. The molecule has 0 aromatic heterocycles. The lowest BCUT2D eigenvalue weighted by Crippen LogP contribution is -2.13. The Bertz CT molecular complexity index is 377. The molecule has 0 amide bonds. The monoisotopic (exact) mass is 247 g/mol. The van der Waals surface area contributed by atoms with Crippen LogP contribution in [0.1, 0.15) is 37.4 Å². The second kappa shape index (κ2) is 5.40. The average molecular weight is 247 g/mol. The summed E-state index contributed by atoms with van der Waals surface area (Å²) in [6, 6.07) is 2.96. The first-order valence-corrected chi connectivity index (χ1v) is 5.49. The number of hydrogen-bond donors (Lipinski definition) is 1. The molecular weight excluding hydrogens is 231 g/mol. The molecule has 0 saturated heterocycles. The van der Waals surface area contributed by atoms with Crippen molar-refractivity contribution in [2.75, 3.05) is 6.61 Å². The van der Waals surface area contributed by atoms with Crippen LogP contribution in [-0.2, 0) is 6.18 Å². The van der Waals surface area contributed by atoms with E-state index in [1.165, 1.54) is 6.07 Å². The van der Waals surface area contributed by atoms with Crippen molar-refractivity contribution >= 4 is 0 Å². The Hall–Kier alpha value is -1.23. The van der Waals surface area contributed by atoms with Crippen molar-refractivity contribution in [2.24, 2.45) is 5.73 Å². The molecule has 1 unspecified atom stereocenters. The van der Waals surface area contributed by atoms with E-state index >= 15 is 0 Å². The van der Waals surface area contributed by atoms with Gasteiger partial charge in [0.2, 0.25) is 0 Å². The van der Waals surface area contributed by atoms with E-state index in [4.69, 9.17) is 10.5 Å². The normalized spacial score (nSPS) is 13.5. The second-order valence-electron chi connectivity index (χ2n) is 3.70. The van der Waals surface area contributed by atoms with Crippen LogP contribution < -0.4 is 10.5 Å². The molecule has 2 N–H and O–H groups in total. The van der Waals surface area contributed by atoms with Crippen LogP contribution in [0.3, 0.4) is 0 Å². The maximum absolute atomic E-state index is 12.6. The van der Waals surface area contributed by atoms with E-state index in [9.17, 15) is 13.2 Å². The summed E-state index contributed by atoms with van der Waals surface area (Å²) in [5, 5.41) is 0. The van der Waals surface area contributed by atoms with Gasteiger partial charge in [-0.25, -0.2) is 0 Å². The smallest absolute Gasteiger partial charge is 0.416 e. The Morgan fingerprint density at radius 2 is 1.94 bits per heavy atom. The lowest BCUT2D eigenvalue weighted by molar-refractivity contribution is -0.137. The van der Waals surface area contributed by atoms with Crippen LogP contribution in [0, 0.1) is 0 Å². The third-order valence-electron chi connectivity index (χ3n) is 2.48. The van der Waals surface area contributed by atoms with Gasteiger partial charge in [-0.2, -0.15) is 13.2 Å². The molecule has 17 heavy (non-hydrogen) atoms. The van der Waals surface area contributed by atoms with Crippen LogP contribution in [0.25, 0.3) is 0 Å². The predicted octanol–water partition coefficient (Wildman–Crippen LogP) is 3.51. The number of halogens is 3. The van der Waals surface area contributed by atoms with E-state index in [2.05, 4.69) is 0 Å². The Balaban J connectivity index is 3.19. The quantitative estimate of drug-likeness (QED) is 0.883. The second-order valence-corrected chi connectivity index (χ2v) is 3.70. The van der Waals surface area contributed by atoms with Crippen LogP contribution >= 0.6 is 0 Å². The van der Waals surface area contributed by atoms with Crippen LogP contribution in [0.2, 0.25) is 0 Å². The zero-order chi connectivity index (χ0) is 13.1. The van der Waals surface area contributed by atoms with Crippen LogP contribution in [0.4, 0.5) is 13.2 Å². The molecule has 1 aromatic rings. The number of hydrogen-bond acceptors (Lipinski definition) is 2. The maximum atomic E-state index is 12.6. The summed E-state index contributed by atoms with van der Waals surface area (Å²) in [4.78, 5) is 0. The van der Waals surface area contributed by atoms with Crippen molar-refractivity contribution < 1.29 is 17.9 Å². The zero-order valence-electron chi connectivity index (χ0n) is 9.84. The molecule has 1 aromatic carbocycles. The Morgan fingerprint density at radius 3 is 2.41 bits per heavy atom. The molecule has 2 nitrogen and oxygen atoms in total. The van der Waals surface area contributed by atoms with Crippen LogP contribution in [0.15, 0.2) is 18.2 Å². The van der Waals surface area contributed by atoms with Gasteiger partial charge in [0.1, 0.15) is 5.75 Å². The highest BCUT2D eigenvalue weighted by Crippen LogP contribution is 2.35. The van der Waals surface area contributed by atoms with Gasteiger partial charge in [0, 0.05) is 11.6 Å². The van der Waals surface area contributed by atoms with Gasteiger partial charge in [0.05, 0.1) is 12.2 Å². The van der Waals surface area contributed by atoms with Gasteiger partial charge in [-0.05, 0) is 31.5 Å². The van der Waals surface area contributed by atoms with Gasteiger partial charge < -0.3 is 10.5 Å².